The molecule has 0 aliphatic carbocycles. The largest absolute Gasteiger partial charge is 0.395 e. The fraction of sp³-hybridized carbons (Fsp3) is 0.333. The Labute approximate surface area is 156 Å². The van der Waals surface area contributed by atoms with Crippen LogP contribution >= 0.6 is 0 Å². The fourth-order valence-electron chi connectivity index (χ4n) is 2.95. The molecule has 1 N–H and O–H groups in total. The maximum Gasteiger partial charge on any atom is 0.0747 e. The third-order valence-electron chi connectivity index (χ3n) is 4.37. The van der Waals surface area contributed by atoms with Gasteiger partial charge in [0.05, 0.1) is 18.0 Å². The quantitative estimate of drug-likeness (QED) is 0.577. The van der Waals surface area contributed by atoms with Crippen molar-refractivity contribution in [2.45, 2.75) is 6.92 Å². The molecule has 1 aromatic carbocycles. The van der Waals surface area contributed by atoms with Gasteiger partial charge in [-0.1, -0.05) is 19.2 Å². The number of aliphatic hydroxyl groups is 1. The molecule has 0 unspecified atom stereocenters. The van der Waals surface area contributed by atoms with Crippen molar-refractivity contribution < 1.29 is 5.11 Å². The van der Waals surface area contributed by atoms with Crippen molar-refractivity contribution in [2.75, 3.05) is 44.2 Å². The highest BCUT2D eigenvalue weighted by molar-refractivity contribution is 6.14. The van der Waals surface area contributed by atoms with Gasteiger partial charge in [-0.3, -0.25) is 9.89 Å². The van der Waals surface area contributed by atoms with E-state index in [2.05, 4.69) is 46.8 Å². The Balaban J connectivity index is 2.13. The van der Waals surface area contributed by atoms with E-state index in [0.717, 1.165) is 55.3 Å². The second-order valence-corrected chi connectivity index (χ2v) is 6.28. The van der Waals surface area contributed by atoms with Crippen LogP contribution in [0.4, 0.5) is 11.4 Å². The zero-order chi connectivity index (χ0) is 18.9. The molecule has 5 nitrogen and oxygen atoms in total. The predicted molar refractivity (Wildman–Crippen MR) is 112 cm³/mol. The van der Waals surface area contributed by atoms with E-state index in [0.29, 0.717) is 0 Å². The summed E-state index contributed by atoms with van der Waals surface area (Å²) < 4.78 is 0. The van der Waals surface area contributed by atoms with E-state index in [1.165, 1.54) is 5.69 Å². The zero-order valence-electron chi connectivity index (χ0n) is 15.6. The van der Waals surface area contributed by atoms with Crippen molar-refractivity contribution in [1.82, 2.24) is 4.90 Å². The van der Waals surface area contributed by atoms with Crippen LogP contribution in [-0.4, -0.2) is 61.8 Å². The molecule has 0 atom stereocenters. The van der Waals surface area contributed by atoms with Crippen LogP contribution in [0.15, 0.2) is 70.8 Å². The first kappa shape index (κ1) is 19.8. The lowest BCUT2D eigenvalue weighted by Crippen LogP contribution is -2.47. The molecule has 1 fully saturated rings. The first-order chi connectivity index (χ1) is 12.6. The summed E-state index contributed by atoms with van der Waals surface area (Å²) in [6.45, 7) is 18.1. The standard InChI is InChI=1S/C21H28N4O/c1-5-18(16-22-4)21(17(2)3)23-19-6-8-20(9-7-19)25-12-10-24(11-13-25)14-15-26/h5-9,16,26H,1-2,4,10-15H2,3H3/b18-16-,23-21?. The van der Waals surface area contributed by atoms with Gasteiger partial charge in [0.2, 0.25) is 0 Å². The van der Waals surface area contributed by atoms with Crippen molar-refractivity contribution in [3.8, 4) is 0 Å². The summed E-state index contributed by atoms with van der Waals surface area (Å²) in [5.41, 5.74) is 4.47. The lowest BCUT2D eigenvalue weighted by atomic mass is 10.1. The molecule has 138 valence electrons. The van der Waals surface area contributed by atoms with E-state index in [4.69, 9.17) is 10.1 Å². The van der Waals surface area contributed by atoms with Gasteiger partial charge >= 0.3 is 0 Å². The number of nitrogens with zero attached hydrogens (tertiary/aromatic N) is 4. The SMILES string of the molecule is C=C/C(=C/N=C)C(=Nc1ccc(N2CCN(CCO)CC2)cc1)C(=C)C. The molecule has 26 heavy (non-hydrogen) atoms. The zero-order valence-corrected chi connectivity index (χ0v) is 15.6. The molecule has 2 rings (SSSR count). The highest BCUT2D eigenvalue weighted by Crippen LogP contribution is 2.23. The molecule has 1 aliphatic rings. The number of aliphatic hydroxyl groups excluding tert-OH is 1. The minimum absolute atomic E-state index is 0.222. The van der Waals surface area contributed by atoms with Crippen molar-refractivity contribution in [3.63, 3.8) is 0 Å². The monoisotopic (exact) mass is 352 g/mol. The number of allylic oxidation sites excluding steroid dienone is 3. The van der Waals surface area contributed by atoms with Gasteiger partial charge < -0.3 is 10.0 Å². The second-order valence-electron chi connectivity index (χ2n) is 6.28. The van der Waals surface area contributed by atoms with Gasteiger partial charge in [-0.15, -0.1) is 0 Å². The van der Waals surface area contributed by atoms with Crippen molar-refractivity contribution in [3.05, 3.63) is 60.8 Å². The third kappa shape index (κ3) is 5.25. The van der Waals surface area contributed by atoms with Crippen LogP contribution in [0.2, 0.25) is 0 Å². The average Bonchev–Trinajstić information content (AvgIpc) is 2.66. The first-order valence-corrected chi connectivity index (χ1v) is 8.80. The molecule has 0 spiro atoms. The summed E-state index contributed by atoms with van der Waals surface area (Å²) in [5, 5.41) is 9.04. The lowest BCUT2D eigenvalue weighted by molar-refractivity contribution is 0.189. The molecular weight excluding hydrogens is 324 g/mol. The average molecular weight is 352 g/mol. The normalized spacial score (nSPS) is 16.5. The maximum atomic E-state index is 9.04. The summed E-state index contributed by atoms with van der Waals surface area (Å²) in [6.07, 6.45) is 3.35. The Morgan fingerprint density at radius 3 is 2.35 bits per heavy atom. The minimum Gasteiger partial charge on any atom is -0.395 e. The van der Waals surface area contributed by atoms with Crippen LogP contribution in [0.5, 0.6) is 0 Å². The van der Waals surface area contributed by atoms with Crippen LogP contribution in [0.3, 0.4) is 0 Å². The van der Waals surface area contributed by atoms with Crippen molar-refractivity contribution >= 4 is 23.8 Å². The Morgan fingerprint density at radius 1 is 1.19 bits per heavy atom. The van der Waals surface area contributed by atoms with Crippen LogP contribution in [-0.2, 0) is 0 Å². The number of anilines is 1. The van der Waals surface area contributed by atoms with Crippen LogP contribution in [0.1, 0.15) is 6.92 Å². The Hall–Kier alpha value is -2.50. The fourth-order valence-corrected chi connectivity index (χ4v) is 2.95. The summed E-state index contributed by atoms with van der Waals surface area (Å²) in [7, 11) is 0. The highest BCUT2D eigenvalue weighted by Gasteiger charge is 2.16. The van der Waals surface area contributed by atoms with Gasteiger partial charge in [0.15, 0.2) is 0 Å². The predicted octanol–water partition coefficient (Wildman–Crippen LogP) is 3.22. The molecule has 0 amide bonds. The number of β-amino-alcohol motifs (C(OH)–C–C–N with tert-alkyl or cyclic N) is 1. The third-order valence-corrected chi connectivity index (χ3v) is 4.37. The minimum atomic E-state index is 0.222. The highest BCUT2D eigenvalue weighted by atomic mass is 16.3. The van der Waals surface area contributed by atoms with E-state index in [9.17, 15) is 0 Å². The van der Waals surface area contributed by atoms with Crippen LogP contribution < -0.4 is 4.90 Å². The summed E-state index contributed by atoms with van der Waals surface area (Å²) in [4.78, 5) is 13.2. The van der Waals surface area contributed by atoms with Gasteiger partial charge in [-0.05, 0) is 43.5 Å². The molecule has 1 saturated heterocycles. The number of hydrogen-bond donors (Lipinski definition) is 1. The molecule has 0 aromatic heterocycles. The topological polar surface area (TPSA) is 51.4 Å². The lowest BCUT2D eigenvalue weighted by Gasteiger charge is -2.35. The first-order valence-electron chi connectivity index (χ1n) is 8.80. The van der Waals surface area contributed by atoms with Gasteiger partial charge in [-0.2, -0.15) is 0 Å². The molecule has 1 heterocycles. The molecule has 5 heteroatoms. The molecule has 0 radical (unpaired) electrons. The number of piperazine rings is 1. The molecule has 1 aromatic rings. The van der Waals surface area contributed by atoms with Crippen LogP contribution in [0, 0.1) is 0 Å². The van der Waals surface area contributed by atoms with Crippen molar-refractivity contribution in [1.29, 1.82) is 0 Å². The molecular formula is C21H28N4O. The van der Waals surface area contributed by atoms with E-state index < -0.39 is 0 Å². The summed E-state index contributed by atoms with van der Waals surface area (Å²) in [5.74, 6) is 0. The van der Waals surface area contributed by atoms with E-state index in [1.807, 2.05) is 19.1 Å². The second kappa shape index (κ2) is 9.85. The van der Waals surface area contributed by atoms with Gasteiger partial charge in [0, 0.05) is 50.2 Å². The number of aliphatic imine (C=N–C) groups is 2. The van der Waals surface area contributed by atoms with E-state index in [1.54, 1.807) is 12.3 Å². The van der Waals surface area contributed by atoms with Crippen LogP contribution in [0.25, 0.3) is 0 Å². The molecule has 1 aliphatic heterocycles. The number of rotatable bonds is 8. The Bertz CT molecular complexity index is 695. The van der Waals surface area contributed by atoms with E-state index in [-0.39, 0.29) is 6.61 Å². The Kier molecular flexibility index (Phi) is 7.51. The van der Waals surface area contributed by atoms with Gasteiger partial charge in [0.1, 0.15) is 0 Å². The molecule has 0 saturated carbocycles. The van der Waals surface area contributed by atoms with Gasteiger partial charge in [-0.25, -0.2) is 4.99 Å². The summed E-state index contributed by atoms with van der Waals surface area (Å²) in [6, 6.07) is 8.22. The van der Waals surface area contributed by atoms with Gasteiger partial charge in [0.25, 0.3) is 0 Å². The number of hydrogen-bond acceptors (Lipinski definition) is 5. The smallest absolute Gasteiger partial charge is 0.0747 e. The Morgan fingerprint density at radius 2 is 1.85 bits per heavy atom. The number of benzene rings is 1. The van der Waals surface area contributed by atoms with E-state index >= 15 is 0 Å². The van der Waals surface area contributed by atoms with Crippen molar-refractivity contribution in [2.24, 2.45) is 9.98 Å². The summed E-state index contributed by atoms with van der Waals surface area (Å²) >= 11 is 0. The molecule has 0 bridgehead atoms. The maximum absolute atomic E-state index is 9.04.